The highest BCUT2D eigenvalue weighted by Crippen LogP contribution is 2.16. The summed E-state index contributed by atoms with van der Waals surface area (Å²) in [4.78, 5) is 4.71. The van der Waals surface area contributed by atoms with Gasteiger partial charge in [0.1, 0.15) is 0 Å². The highest BCUT2D eigenvalue weighted by Gasteiger charge is 2.27. The molecule has 1 aliphatic heterocycles. The molecule has 0 aliphatic carbocycles. The fourth-order valence-electron chi connectivity index (χ4n) is 3.33. The van der Waals surface area contributed by atoms with E-state index in [0.29, 0.717) is 31.5 Å². The second-order valence-electron chi connectivity index (χ2n) is 7.45. The summed E-state index contributed by atoms with van der Waals surface area (Å²) in [6, 6.07) is 0.234. The van der Waals surface area contributed by atoms with Crippen LogP contribution in [0.4, 0.5) is 0 Å². The van der Waals surface area contributed by atoms with Gasteiger partial charge in [-0.3, -0.25) is 4.99 Å². The van der Waals surface area contributed by atoms with Gasteiger partial charge in [-0.2, -0.15) is 0 Å². The number of nitrogens with zero attached hydrogens (tertiary/aromatic N) is 2. The molecule has 0 bridgehead atoms. The molecule has 0 aromatic heterocycles. The lowest BCUT2D eigenvalue weighted by atomic mass is 9.94. The average Bonchev–Trinajstić information content (AvgIpc) is 2.60. The molecule has 1 heterocycles. The number of nitrogens with one attached hydrogen (secondary N) is 2. The molecule has 8 heteroatoms. The fraction of sp³-hybridized carbons (Fsp3) is 0.944. The third kappa shape index (κ3) is 8.22. The van der Waals surface area contributed by atoms with Crippen LogP contribution in [0, 0.1) is 11.8 Å². The molecule has 0 radical (unpaired) electrons. The maximum absolute atomic E-state index is 12.0. The quantitative estimate of drug-likeness (QED) is 0.387. The Labute approximate surface area is 159 Å². The van der Waals surface area contributed by atoms with Gasteiger partial charge < -0.3 is 15.7 Å². The Balaban J connectivity index is 2.59. The molecular weight excluding hydrogens is 352 g/mol. The van der Waals surface area contributed by atoms with Crippen molar-refractivity contribution in [3.8, 4) is 0 Å². The minimum absolute atomic E-state index is 0.164. The fourth-order valence-corrected chi connectivity index (χ4v) is 4.46. The van der Waals surface area contributed by atoms with Crippen LogP contribution in [-0.4, -0.2) is 68.4 Å². The highest BCUT2D eigenvalue weighted by atomic mass is 32.2. The summed E-state index contributed by atoms with van der Waals surface area (Å²) in [5, 5.41) is 16.0. The van der Waals surface area contributed by atoms with Gasteiger partial charge in [0, 0.05) is 38.8 Å². The Hall–Kier alpha value is -0.860. The van der Waals surface area contributed by atoms with E-state index in [0.717, 1.165) is 38.2 Å². The van der Waals surface area contributed by atoms with Crippen LogP contribution in [0.2, 0.25) is 0 Å². The lowest BCUT2D eigenvalue weighted by molar-refractivity contribution is 0.245. The first-order chi connectivity index (χ1) is 12.3. The minimum Gasteiger partial charge on any atom is -0.396 e. The Morgan fingerprint density at radius 3 is 2.42 bits per heavy atom. The van der Waals surface area contributed by atoms with E-state index in [9.17, 15) is 13.5 Å². The van der Waals surface area contributed by atoms with Crippen molar-refractivity contribution in [2.75, 3.05) is 38.5 Å². The predicted molar refractivity (Wildman–Crippen MR) is 108 cm³/mol. The third-order valence-electron chi connectivity index (χ3n) is 4.75. The molecule has 0 aromatic rings. The molecule has 26 heavy (non-hydrogen) atoms. The maximum atomic E-state index is 12.0. The molecule has 1 atom stereocenters. The lowest BCUT2D eigenvalue weighted by Crippen LogP contribution is -2.50. The SMILES string of the molecule is CCNC(=NCC(CCO)CC(C)C)NC1CCN(S(=O)(=O)CC)CC1. The molecule has 7 nitrogen and oxygen atoms in total. The predicted octanol–water partition coefficient (Wildman–Crippen LogP) is 1.40. The summed E-state index contributed by atoms with van der Waals surface area (Å²) in [6.07, 6.45) is 3.40. The lowest BCUT2D eigenvalue weighted by Gasteiger charge is -2.32. The molecule has 0 amide bonds. The summed E-state index contributed by atoms with van der Waals surface area (Å²) >= 11 is 0. The smallest absolute Gasteiger partial charge is 0.213 e. The molecular formula is C18H38N4O3S. The third-order valence-corrected chi connectivity index (χ3v) is 6.63. The van der Waals surface area contributed by atoms with E-state index >= 15 is 0 Å². The Bertz CT molecular complexity index is 515. The van der Waals surface area contributed by atoms with Crippen molar-refractivity contribution in [3.63, 3.8) is 0 Å². The molecule has 0 spiro atoms. The molecule has 1 unspecified atom stereocenters. The maximum Gasteiger partial charge on any atom is 0.213 e. The Kier molecular flexibility index (Phi) is 10.5. The van der Waals surface area contributed by atoms with E-state index in [1.807, 2.05) is 6.92 Å². The molecule has 0 saturated carbocycles. The number of hydrogen-bond donors (Lipinski definition) is 3. The normalized spacial score (nSPS) is 18.9. The first-order valence-corrected chi connectivity index (χ1v) is 11.6. The van der Waals surface area contributed by atoms with Crippen molar-refractivity contribution in [1.82, 2.24) is 14.9 Å². The molecule has 0 aromatic carbocycles. The van der Waals surface area contributed by atoms with Gasteiger partial charge in [-0.1, -0.05) is 13.8 Å². The number of aliphatic hydroxyl groups excluding tert-OH is 1. The summed E-state index contributed by atoms with van der Waals surface area (Å²) in [5.41, 5.74) is 0. The first kappa shape index (κ1) is 23.2. The van der Waals surface area contributed by atoms with Gasteiger partial charge in [0.05, 0.1) is 5.75 Å². The van der Waals surface area contributed by atoms with Crippen molar-refractivity contribution >= 4 is 16.0 Å². The zero-order chi connectivity index (χ0) is 19.6. The van der Waals surface area contributed by atoms with E-state index in [2.05, 4.69) is 24.5 Å². The van der Waals surface area contributed by atoms with E-state index in [4.69, 9.17) is 4.99 Å². The van der Waals surface area contributed by atoms with Gasteiger partial charge in [-0.25, -0.2) is 12.7 Å². The van der Waals surface area contributed by atoms with Gasteiger partial charge >= 0.3 is 0 Å². The number of hydrogen-bond acceptors (Lipinski definition) is 4. The van der Waals surface area contributed by atoms with E-state index < -0.39 is 10.0 Å². The van der Waals surface area contributed by atoms with E-state index in [1.165, 1.54) is 0 Å². The second kappa shape index (κ2) is 11.8. The monoisotopic (exact) mass is 390 g/mol. The van der Waals surface area contributed by atoms with E-state index in [-0.39, 0.29) is 18.4 Å². The van der Waals surface area contributed by atoms with Gasteiger partial charge in [-0.05, 0) is 51.4 Å². The second-order valence-corrected chi connectivity index (χ2v) is 9.70. The summed E-state index contributed by atoms with van der Waals surface area (Å²) in [7, 11) is -3.09. The van der Waals surface area contributed by atoms with Crippen molar-refractivity contribution in [3.05, 3.63) is 0 Å². The first-order valence-electron chi connectivity index (χ1n) is 9.95. The topological polar surface area (TPSA) is 94.0 Å². The van der Waals surface area contributed by atoms with Crippen LogP contribution >= 0.6 is 0 Å². The van der Waals surface area contributed by atoms with Gasteiger partial charge in [0.15, 0.2) is 5.96 Å². The highest BCUT2D eigenvalue weighted by molar-refractivity contribution is 7.89. The number of aliphatic imine (C=N–C) groups is 1. The van der Waals surface area contributed by atoms with Crippen LogP contribution in [0.3, 0.4) is 0 Å². The summed E-state index contributed by atoms with van der Waals surface area (Å²) in [5.74, 6) is 1.92. The number of aliphatic hydroxyl groups is 1. The standard InChI is InChI=1S/C18H38N4O3S/c1-5-19-18(20-14-16(9-12-23)13-15(3)4)21-17-7-10-22(11-8-17)26(24,25)6-2/h15-17,23H,5-14H2,1-4H3,(H2,19,20,21). The van der Waals surface area contributed by atoms with E-state index in [1.54, 1.807) is 11.2 Å². The largest absolute Gasteiger partial charge is 0.396 e. The van der Waals surface area contributed by atoms with Crippen molar-refractivity contribution in [2.24, 2.45) is 16.8 Å². The summed E-state index contributed by atoms with van der Waals surface area (Å²) < 4.78 is 25.5. The van der Waals surface area contributed by atoms with Crippen molar-refractivity contribution in [1.29, 1.82) is 0 Å². The van der Waals surface area contributed by atoms with Crippen LogP contribution in [0.1, 0.15) is 53.4 Å². The van der Waals surface area contributed by atoms with Gasteiger partial charge in [0.2, 0.25) is 10.0 Å². The molecule has 1 saturated heterocycles. The van der Waals surface area contributed by atoms with Crippen molar-refractivity contribution in [2.45, 2.75) is 59.4 Å². The minimum atomic E-state index is -3.09. The van der Waals surface area contributed by atoms with Crippen molar-refractivity contribution < 1.29 is 13.5 Å². The molecule has 1 rings (SSSR count). The van der Waals surface area contributed by atoms with Gasteiger partial charge in [-0.15, -0.1) is 0 Å². The number of guanidine groups is 1. The zero-order valence-electron chi connectivity index (χ0n) is 16.9. The zero-order valence-corrected chi connectivity index (χ0v) is 17.7. The number of sulfonamides is 1. The van der Waals surface area contributed by atoms with Crippen LogP contribution in [0.25, 0.3) is 0 Å². The molecule has 1 fully saturated rings. The average molecular weight is 391 g/mol. The van der Waals surface area contributed by atoms with Crippen LogP contribution < -0.4 is 10.6 Å². The van der Waals surface area contributed by atoms with Crippen LogP contribution in [0.5, 0.6) is 0 Å². The molecule has 154 valence electrons. The molecule has 3 N–H and O–H groups in total. The Morgan fingerprint density at radius 1 is 1.27 bits per heavy atom. The van der Waals surface area contributed by atoms with Crippen LogP contribution in [-0.2, 0) is 10.0 Å². The number of rotatable bonds is 10. The Morgan fingerprint density at radius 2 is 1.92 bits per heavy atom. The van der Waals surface area contributed by atoms with Crippen LogP contribution in [0.15, 0.2) is 4.99 Å². The summed E-state index contributed by atoms with van der Waals surface area (Å²) in [6.45, 7) is 10.9. The van der Waals surface area contributed by atoms with Gasteiger partial charge in [0.25, 0.3) is 0 Å². The molecule has 1 aliphatic rings. The number of piperidine rings is 1.